The highest BCUT2D eigenvalue weighted by Gasteiger charge is 2.19. The van der Waals surface area contributed by atoms with E-state index in [1.807, 2.05) is 13.8 Å². The molecule has 2 rings (SSSR count). The minimum absolute atomic E-state index is 0.258. The molecule has 21 heavy (non-hydrogen) atoms. The third kappa shape index (κ3) is 3.25. The van der Waals surface area contributed by atoms with Crippen LogP contribution in [0.15, 0.2) is 46.2 Å². The number of rotatable bonds is 4. The van der Waals surface area contributed by atoms with Crippen molar-refractivity contribution < 1.29 is 8.42 Å². The molecule has 0 aromatic heterocycles. The number of hydrogen-bond acceptors (Lipinski definition) is 2. The summed E-state index contributed by atoms with van der Waals surface area (Å²) in [6.07, 6.45) is 0. The number of hydrogen-bond donors (Lipinski definition) is 0. The molecule has 0 saturated heterocycles. The van der Waals surface area contributed by atoms with Gasteiger partial charge in [0.2, 0.25) is 9.84 Å². The molecular formula is C16H16Cl2O2S. The first kappa shape index (κ1) is 16.3. The molecule has 0 heterocycles. The highest BCUT2D eigenvalue weighted by atomic mass is 35.5. The van der Waals surface area contributed by atoms with E-state index < -0.39 is 9.84 Å². The van der Waals surface area contributed by atoms with E-state index in [2.05, 4.69) is 0 Å². The van der Waals surface area contributed by atoms with E-state index in [-0.39, 0.29) is 21.6 Å². The van der Waals surface area contributed by atoms with E-state index in [9.17, 15) is 8.42 Å². The summed E-state index contributed by atoms with van der Waals surface area (Å²) < 4.78 is 25.4. The summed E-state index contributed by atoms with van der Waals surface area (Å²) >= 11 is 11.7. The van der Waals surface area contributed by atoms with E-state index >= 15 is 0 Å². The normalized spacial score (nSPS) is 11.6. The molecule has 0 atom stereocenters. The summed E-state index contributed by atoms with van der Waals surface area (Å²) in [6.45, 7) is 3.82. The average molecular weight is 343 g/mol. The van der Waals surface area contributed by atoms with Crippen molar-refractivity contribution in [3.05, 3.63) is 58.7 Å². The Bertz CT molecular complexity index is 708. The molecule has 0 bridgehead atoms. The van der Waals surface area contributed by atoms with Gasteiger partial charge in [0.05, 0.1) is 9.79 Å². The van der Waals surface area contributed by atoms with Crippen LogP contribution in [0.3, 0.4) is 0 Å². The maximum Gasteiger partial charge on any atom is 0.206 e. The van der Waals surface area contributed by atoms with Crippen molar-refractivity contribution in [2.45, 2.75) is 35.4 Å². The number of benzene rings is 2. The molecule has 112 valence electrons. The highest BCUT2D eigenvalue weighted by molar-refractivity contribution is 7.91. The molecule has 0 unspecified atom stereocenters. The predicted molar refractivity (Wildman–Crippen MR) is 86.9 cm³/mol. The lowest BCUT2D eigenvalue weighted by Gasteiger charge is -2.10. The fourth-order valence-electron chi connectivity index (χ4n) is 2.05. The fourth-order valence-corrected chi connectivity index (χ4v) is 3.99. The first-order valence-electron chi connectivity index (χ1n) is 6.46. The zero-order chi connectivity index (χ0) is 15.6. The summed E-state index contributed by atoms with van der Waals surface area (Å²) in [4.78, 5) is 0.515. The first-order valence-corrected chi connectivity index (χ1v) is 9.01. The second kappa shape index (κ2) is 6.39. The van der Waals surface area contributed by atoms with Gasteiger partial charge in [-0.3, -0.25) is 0 Å². The van der Waals surface area contributed by atoms with Crippen molar-refractivity contribution in [1.82, 2.24) is 0 Å². The predicted octanol–water partition coefficient (Wildman–Crippen LogP) is 4.61. The largest absolute Gasteiger partial charge is 0.219 e. The standard InChI is InChI=1S/C16H16Cl2O2S/c1-11-3-5-15(7-13(11)9-17)21(19,20)16-6-4-12(2)14(8-16)10-18/h3-8H,9-10H2,1-2H3. The van der Waals surface area contributed by atoms with Crippen LogP contribution in [0.5, 0.6) is 0 Å². The Hall–Kier alpha value is -1.03. The van der Waals surface area contributed by atoms with Gasteiger partial charge in [-0.2, -0.15) is 0 Å². The Morgan fingerprint density at radius 3 is 1.52 bits per heavy atom. The maximum absolute atomic E-state index is 12.7. The van der Waals surface area contributed by atoms with Crippen LogP contribution < -0.4 is 0 Å². The Balaban J connectivity index is 2.56. The Morgan fingerprint density at radius 1 is 0.810 bits per heavy atom. The van der Waals surface area contributed by atoms with Gasteiger partial charge >= 0.3 is 0 Å². The van der Waals surface area contributed by atoms with Gasteiger partial charge < -0.3 is 0 Å². The number of sulfone groups is 1. The number of alkyl halides is 2. The quantitative estimate of drug-likeness (QED) is 0.760. The van der Waals surface area contributed by atoms with E-state index in [0.29, 0.717) is 0 Å². The van der Waals surface area contributed by atoms with E-state index in [1.54, 1.807) is 36.4 Å². The molecule has 2 nitrogen and oxygen atoms in total. The van der Waals surface area contributed by atoms with Gasteiger partial charge in [-0.1, -0.05) is 12.1 Å². The summed E-state index contributed by atoms with van der Waals surface area (Å²) in [5.74, 6) is 0.575. The smallest absolute Gasteiger partial charge is 0.206 e. The first-order chi connectivity index (χ1) is 9.90. The van der Waals surface area contributed by atoms with Gasteiger partial charge in [0.1, 0.15) is 0 Å². The van der Waals surface area contributed by atoms with Crippen LogP contribution in [0.2, 0.25) is 0 Å². The Labute approximate surface area is 135 Å². The van der Waals surface area contributed by atoms with Crippen molar-refractivity contribution in [2.75, 3.05) is 0 Å². The van der Waals surface area contributed by atoms with Crippen LogP contribution in [0.25, 0.3) is 0 Å². The molecule has 0 aliphatic rings. The third-order valence-corrected chi connectivity index (χ3v) is 5.87. The highest BCUT2D eigenvalue weighted by Crippen LogP contribution is 2.26. The lowest BCUT2D eigenvalue weighted by Crippen LogP contribution is -2.04. The molecule has 0 fully saturated rings. The Kier molecular flexibility index (Phi) is 4.97. The van der Waals surface area contributed by atoms with Crippen LogP contribution in [-0.4, -0.2) is 8.42 Å². The van der Waals surface area contributed by atoms with Crippen molar-refractivity contribution in [3.8, 4) is 0 Å². The molecule has 2 aromatic carbocycles. The molecule has 0 aliphatic heterocycles. The molecule has 0 radical (unpaired) electrons. The van der Waals surface area contributed by atoms with Crippen LogP contribution in [-0.2, 0) is 21.6 Å². The zero-order valence-corrected chi connectivity index (χ0v) is 14.2. The molecule has 0 N–H and O–H groups in total. The molecule has 5 heteroatoms. The molecule has 0 saturated carbocycles. The van der Waals surface area contributed by atoms with Crippen molar-refractivity contribution in [2.24, 2.45) is 0 Å². The van der Waals surface area contributed by atoms with Gasteiger partial charge in [0.25, 0.3) is 0 Å². The minimum Gasteiger partial charge on any atom is -0.219 e. The monoisotopic (exact) mass is 342 g/mol. The van der Waals surface area contributed by atoms with Crippen molar-refractivity contribution in [1.29, 1.82) is 0 Å². The fraction of sp³-hybridized carbons (Fsp3) is 0.250. The van der Waals surface area contributed by atoms with Crippen LogP contribution in [0.1, 0.15) is 22.3 Å². The zero-order valence-electron chi connectivity index (χ0n) is 11.9. The SMILES string of the molecule is Cc1ccc(S(=O)(=O)c2ccc(C)c(CCl)c2)cc1CCl. The molecule has 0 amide bonds. The van der Waals surface area contributed by atoms with E-state index in [4.69, 9.17) is 23.2 Å². The summed E-state index contributed by atoms with van der Waals surface area (Å²) in [6, 6.07) is 10.1. The summed E-state index contributed by atoms with van der Waals surface area (Å²) in [5.41, 5.74) is 3.61. The lowest BCUT2D eigenvalue weighted by atomic mass is 10.1. The van der Waals surface area contributed by atoms with Crippen LogP contribution in [0, 0.1) is 13.8 Å². The van der Waals surface area contributed by atoms with Crippen LogP contribution in [0.4, 0.5) is 0 Å². The van der Waals surface area contributed by atoms with E-state index in [1.165, 1.54) is 0 Å². The third-order valence-electron chi connectivity index (χ3n) is 3.55. The van der Waals surface area contributed by atoms with Crippen LogP contribution >= 0.6 is 23.2 Å². The van der Waals surface area contributed by atoms with Gasteiger partial charge in [-0.15, -0.1) is 23.2 Å². The number of aryl methyl sites for hydroxylation is 2. The number of halogens is 2. The topological polar surface area (TPSA) is 34.1 Å². The van der Waals surface area contributed by atoms with Gasteiger partial charge in [0.15, 0.2) is 0 Å². The van der Waals surface area contributed by atoms with Gasteiger partial charge in [-0.25, -0.2) is 8.42 Å². The van der Waals surface area contributed by atoms with E-state index in [0.717, 1.165) is 22.3 Å². The Morgan fingerprint density at radius 2 is 1.19 bits per heavy atom. The summed E-state index contributed by atoms with van der Waals surface area (Å²) in [7, 11) is -3.55. The molecule has 0 aliphatic carbocycles. The average Bonchev–Trinajstić information content (AvgIpc) is 2.47. The summed E-state index contributed by atoms with van der Waals surface area (Å²) in [5, 5.41) is 0. The van der Waals surface area contributed by atoms with Gasteiger partial charge in [-0.05, 0) is 60.4 Å². The molecular weight excluding hydrogens is 327 g/mol. The lowest BCUT2D eigenvalue weighted by molar-refractivity contribution is 0.596. The maximum atomic E-state index is 12.7. The van der Waals surface area contributed by atoms with Gasteiger partial charge in [0, 0.05) is 11.8 Å². The molecule has 0 spiro atoms. The second-order valence-corrected chi connectivity index (χ2v) is 7.43. The second-order valence-electron chi connectivity index (χ2n) is 4.95. The molecule has 2 aromatic rings. The minimum atomic E-state index is -3.55. The van der Waals surface area contributed by atoms with Crippen molar-refractivity contribution in [3.63, 3.8) is 0 Å². The van der Waals surface area contributed by atoms with Crippen molar-refractivity contribution >= 4 is 33.0 Å².